The number of amides is 1. The fraction of sp³-hybridized carbons (Fsp3) is 0.536. The molecule has 3 unspecified atom stereocenters. The first kappa shape index (κ1) is 24.6. The van der Waals surface area contributed by atoms with E-state index < -0.39 is 5.79 Å². The van der Waals surface area contributed by atoms with Crippen molar-refractivity contribution in [1.29, 1.82) is 0 Å². The van der Waals surface area contributed by atoms with Gasteiger partial charge in [-0.05, 0) is 44.2 Å². The van der Waals surface area contributed by atoms with Crippen LogP contribution in [0.2, 0.25) is 0 Å². The van der Waals surface area contributed by atoms with Crippen molar-refractivity contribution in [2.24, 2.45) is 5.92 Å². The number of hydrogen-bond acceptors (Lipinski definition) is 8. The van der Waals surface area contributed by atoms with Gasteiger partial charge in [-0.1, -0.05) is 37.3 Å². The van der Waals surface area contributed by atoms with Crippen molar-refractivity contribution >= 4 is 33.3 Å². The number of nitrogens with zero attached hydrogens (tertiary/aromatic N) is 4. The zero-order valence-electron chi connectivity index (χ0n) is 21.7. The smallest absolute Gasteiger partial charge is 0.319 e. The number of fused-ring (bicyclic) bond motifs is 1. The highest BCUT2D eigenvalue weighted by Crippen LogP contribution is 2.48. The van der Waals surface area contributed by atoms with Crippen molar-refractivity contribution in [3.63, 3.8) is 0 Å². The van der Waals surface area contributed by atoms with Gasteiger partial charge >= 0.3 is 6.01 Å². The Balaban J connectivity index is 1.14. The van der Waals surface area contributed by atoms with Crippen molar-refractivity contribution in [3.05, 3.63) is 46.8 Å². The van der Waals surface area contributed by atoms with E-state index in [0.29, 0.717) is 38.2 Å². The average molecular weight is 523 g/mol. The van der Waals surface area contributed by atoms with Crippen LogP contribution in [0.4, 0.5) is 5.82 Å². The molecule has 3 fully saturated rings. The standard InChI is InChI=1S/C28H34N4O4S/c1-4-20-14-23-24(29-27(30-25(23)37-20)34-16-19-17-35-28(2,3)36-19)31-10-12-32(13-11-31)26(33)22-15-21(22)18-8-6-5-7-9-18/h5-9,14,19,21-22H,4,10-13,15-17H2,1-3H3. The summed E-state index contributed by atoms with van der Waals surface area (Å²) in [5.74, 6) is 1.07. The minimum Gasteiger partial charge on any atom is -0.461 e. The van der Waals surface area contributed by atoms with E-state index >= 15 is 0 Å². The normalized spacial score (nSPS) is 25.0. The molecule has 9 heteroatoms. The van der Waals surface area contributed by atoms with Gasteiger partial charge in [0.05, 0.1) is 12.0 Å². The predicted molar refractivity (Wildman–Crippen MR) is 143 cm³/mol. The summed E-state index contributed by atoms with van der Waals surface area (Å²) in [4.78, 5) is 29.2. The second kappa shape index (κ2) is 9.85. The molecule has 3 aromatic rings. The second-order valence-corrected chi connectivity index (χ2v) is 11.7. The molecule has 196 valence electrons. The molecule has 3 aliphatic rings. The van der Waals surface area contributed by atoms with Crippen LogP contribution in [0.5, 0.6) is 6.01 Å². The lowest BCUT2D eigenvalue weighted by Gasteiger charge is -2.36. The van der Waals surface area contributed by atoms with Crippen molar-refractivity contribution in [2.75, 3.05) is 44.3 Å². The molecule has 0 spiro atoms. The molecule has 3 atom stereocenters. The van der Waals surface area contributed by atoms with Crippen LogP contribution in [0.25, 0.3) is 10.2 Å². The van der Waals surface area contributed by atoms with Gasteiger partial charge in [-0.25, -0.2) is 0 Å². The van der Waals surface area contributed by atoms with Crippen LogP contribution >= 0.6 is 11.3 Å². The maximum atomic E-state index is 13.2. The third-order valence-electron chi connectivity index (χ3n) is 7.44. The molecule has 1 aliphatic carbocycles. The molecule has 2 aliphatic heterocycles. The molecule has 1 aromatic carbocycles. The third-order valence-corrected chi connectivity index (χ3v) is 8.62. The van der Waals surface area contributed by atoms with Crippen LogP contribution in [-0.4, -0.2) is 72.1 Å². The summed E-state index contributed by atoms with van der Waals surface area (Å²) >= 11 is 1.68. The zero-order chi connectivity index (χ0) is 25.6. The number of aromatic nitrogens is 2. The summed E-state index contributed by atoms with van der Waals surface area (Å²) in [6, 6.07) is 13.0. The van der Waals surface area contributed by atoms with Crippen LogP contribution in [0.1, 0.15) is 43.6 Å². The summed E-state index contributed by atoms with van der Waals surface area (Å²) in [6.45, 7) is 9.67. The number of thiophene rings is 1. The van der Waals surface area contributed by atoms with Gasteiger partial charge in [-0.2, -0.15) is 9.97 Å². The Morgan fingerprint density at radius 3 is 2.65 bits per heavy atom. The molecule has 2 saturated heterocycles. The van der Waals surface area contributed by atoms with Gasteiger partial charge in [-0.15, -0.1) is 11.3 Å². The molecule has 0 radical (unpaired) electrons. The molecule has 0 N–H and O–H groups in total. The molecule has 1 saturated carbocycles. The predicted octanol–water partition coefficient (Wildman–Crippen LogP) is 4.24. The van der Waals surface area contributed by atoms with E-state index in [2.05, 4.69) is 42.2 Å². The summed E-state index contributed by atoms with van der Waals surface area (Å²) in [5.41, 5.74) is 1.28. The third kappa shape index (κ3) is 5.17. The van der Waals surface area contributed by atoms with E-state index in [1.54, 1.807) is 11.3 Å². The van der Waals surface area contributed by atoms with Crippen LogP contribution in [0.3, 0.4) is 0 Å². The lowest BCUT2D eigenvalue weighted by atomic mass is 10.1. The number of ether oxygens (including phenoxy) is 3. The van der Waals surface area contributed by atoms with Crippen molar-refractivity contribution < 1.29 is 19.0 Å². The first-order valence-corrected chi connectivity index (χ1v) is 14.1. The highest BCUT2D eigenvalue weighted by Gasteiger charge is 2.46. The Hall–Kier alpha value is -2.75. The number of carbonyl (C=O) groups is 1. The van der Waals surface area contributed by atoms with Gasteiger partial charge in [0, 0.05) is 37.0 Å². The number of carbonyl (C=O) groups excluding carboxylic acids is 1. The largest absolute Gasteiger partial charge is 0.461 e. The molecule has 0 bridgehead atoms. The van der Waals surface area contributed by atoms with Crippen LogP contribution in [0.15, 0.2) is 36.4 Å². The highest BCUT2D eigenvalue weighted by molar-refractivity contribution is 7.18. The monoisotopic (exact) mass is 522 g/mol. The Labute approximate surface area is 221 Å². The fourth-order valence-electron chi connectivity index (χ4n) is 5.34. The lowest BCUT2D eigenvalue weighted by molar-refractivity contribution is -0.141. The second-order valence-electron chi connectivity index (χ2n) is 10.5. The maximum Gasteiger partial charge on any atom is 0.319 e. The Kier molecular flexibility index (Phi) is 6.54. The number of hydrogen-bond donors (Lipinski definition) is 0. The van der Waals surface area contributed by atoms with Gasteiger partial charge in [0.25, 0.3) is 0 Å². The number of benzene rings is 1. The highest BCUT2D eigenvalue weighted by atomic mass is 32.1. The zero-order valence-corrected chi connectivity index (χ0v) is 22.5. The summed E-state index contributed by atoms with van der Waals surface area (Å²) < 4.78 is 17.5. The van der Waals surface area contributed by atoms with E-state index in [1.165, 1.54) is 10.4 Å². The molecule has 1 amide bonds. The summed E-state index contributed by atoms with van der Waals surface area (Å²) in [5, 5.41) is 1.06. The lowest BCUT2D eigenvalue weighted by Crippen LogP contribution is -2.49. The van der Waals surface area contributed by atoms with E-state index in [1.807, 2.05) is 24.8 Å². The van der Waals surface area contributed by atoms with Crippen LogP contribution in [-0.2, 0) is 20.7 Å². The number of rotatable bonds is 7. The maximum absolute atomic E-state index is 13.2. The van der Waals surface area contributed by atoms with E-state index in [-0.39, 0.29) is 17.9 Å². The molecule has 6 rings (SSSR count). The van der Waals surface area contributed by atoms with Gasteiger partial charge in [0.1, 0.15) is 23.4 Å². The van der Waals surface area contributed by atoms with Crippen molar-refractivity contribution in [1.82, 2.24) is 14.9 Å². The molecule has 37 heavy (non-hydrogen) atoms. The van der Waals surface area contributed by atoms with E-state index in [4.69, 9.17) is 24.2 Å². The van der Waals surface area contributed by atoms with Crippen LogP contribution < -0.4 is 9.64 Å². The molecule has 4 heterocycles. The van der Waals surface area contributed by atoms with E-state index in [9.17, 15) is 4.79 Å². The minimum atomic E-state index is -0.591. The van der Waals surface area contributed by atoms with Gasteiger partial charge in [-0.3, -0.25) is 4.79 Å². The number of anilines is 1. The van der Waals surface area contributed by atoms with Crippen molar-refractivity contribution in [3.8, 4) is 6.01 Å². The first-order chi connectivity index (χ1) is 17.9. The van der Waals surface area contributed by atoms with Gasteiger partial charge in [0.2, 0.25) is 5.91 Å². The van der Waals surface area contributed by atoms with Gasteiger partial charge < -0.3 is 24.0 Å². The summed E-state index contributed by atoms with van der Waals surface area (Å²) in [6.07, 6.45) is 1.76. The van der Waals surface area contributed by atoms with E-state index in [0.717, 1.165) is 42.0 Å². The molecule has 8 nitrogen and oxygen atoms in total. The van der Waals surface area contributed by atoms with Gasteiger partial charge in [0.15, 0.2) is 5.79 Å². The Bertz CT molecular complexity index is 1270. The topological polar surface area (TPSA) is 77.0 Å². The summed E-state index contributed by atoms with van der Waals surface area (Å²) in [7, 11) is 0. The van der Waals surface area contributed by atoms with Crippen molar-refractivity contribution in [2.45, 2.75) is 51.4 Å². The SMILES string of the molecule is CCc1cc2c(N3CCN(C(=O)C4CC4c4ccccc4)CC3)nc(OCC3COC(C)(C)O3)nc2s1. The molecule has 2 aromatic heterocycles. The van der Waals surface area contributed by atoms with Crippen LogP contribution in [0, 0.1) is 5.92 Å². The average Bonchev–Trinajstić information content (AvgIpc) is 3.48. The Morgan fingerprint density at radius 1 is 1.16 bits per heavy atom. The molecular formula is C28H34N4O4S. The first-order valence-electron chi connectivity index (χ1n) is 13.2. The minimum absolute atomic E-state index is 0.121. The number of aryl methyl sites for hydroxylation is 1. The fourth-order valence-corrected chi connectivity index (χ4v) is 6.29. The number of piperazine rings is 1. The Morgan fingerprint density at radius 2 is 1.95 bits per heavy atom. The quantitative estimate of drug-likeness (QED) is 0.459. The molecular weight excluding hydrogens is 488 g/mol.